The molecule has 1 spiro atoms. The predicted octanol–water partition coefficient (Wildman–Crippen LogP) is 14.0. The van der Waals surface area contributed by atoms with Crippen LogP contribution in [0, 0.1) is 20.8 Å². The van der Waals surface area contributed by atoms with Gasteiger partial charge in [0.25, 0.3) is 0 Å². The third kappa shape index (κ3) is 5.62. The number of nitrogens with zero attached hydrogens (tertiary/aromatic N) is 3. The maximum atomic E-state index is 5.17. The molecular weight excluding hydrogens is 735 g/mol. The molecule has 0 saturated heterocycles. The monoisotopic (exact) mass is 773 g/mol. The van der Waals surface area contributed by atoms with E-state index in [1.807, 2.05) is 24.9 Å². The van der Waals surface area contributed by atoms with Crippen molar-refractivity contribution in [1.82, 2.24) is 15.0 Å². The first-order chi connectivity index (χ1) is 29.0. The Labute approximate surface area is 349 Å². The van der Waals surface area contributed by atoms with Gasteiger partial charge < -0.3 is 0 Å². The lowest BCUT2D eigenvalue weighted by Gasteiger charge is -2.39. The minimum Gasteiger partial charge on any atom is -0.256 e. The van der Waals surface area contributed by atoms with Gasteiger partial charge in [0.1, 0.15) is 5.82 Å². The second kappa shape index (κ2) is 13.9. The molecule has 0 amide bonds. The van der Waals surface area contributed by atoms with E-state index >= 15 is 0 Å². The number of aryl methyl sites for hydroxylation is 3. The van der Waals surface area contributed by atoms with E-state index in [2.05, 4.69) is 190 Å². The summed E-state index contributed by atoms with van der Waals surface area (Å²) in [5.41, 5.74) is 20.3. The van der Waals surface area contributed by atoms with Gasteiger partial charge in [-0.05, 0) is 118 Å². The molecule has 59 heavy (non-hydrogen) atoms. The normalized spacial score (nSPS) is 13.1. The Morgan fingerprint density at radius 3 is 1.73 bits per heavy atom. The van der Waals surface area contributed by atoms with Crippen molar-refractivity contribution in [3.8, 4) is 67.2 Å². The molecule has 3 nitrogen and oxygen atoms in total. The van der Waals surface area contributed by atoms with Gasteiger partial charge >= 0.3 is 0 Å². The first kappa shape index (κ1) is 35.3. The summed E-state index contributed by atoms with van der Waals surface area (Å²) in [6.45, 7) is 6.29. The van der Waals surface area contributed by atoms with Crippen LogP contribution < -0.4 is 0 Å². The minimum absolute atomic E-state index is 0.555. The standard InChI is InChI=1S/C55H39N3S/c1-34-30-50(56-33-35(34)2)42-17-8-7-16-41(42)40-28-29-43-48(31-40)55(45-19-9-11-22-52(45)59-53-23-12-10-20-46(53)55)47-21-13-18-44(54(43)47)51-32-49(57-36(3)58-51)39-26-24-38(25-27-39)37-14-5-4-6-15-37/h4-33H,1-3H3. The van der Waals surface area contributed by atoms with Gasteiger partial charge in [0.05, 0.1) is 22.5 Å². The highest BCUT2D eigenvalue weighted by molar-refractivity contribution is 7.99. The molecule has 1 aliphatic carbocycles. The summed E-state index contributed by atoms with van der Waals surface area (Å²) in [5.74, 6) is 0.742. The lowest BCUT2D eigenvalue weighted by molar-refractivity contribution is 0.722. The van der Waals surface area contributed by atoms with E-state index in [-0.39, 0.29) is 0 Å². The second-order valence-electron chi connectivity index (χ2n) is 15.7. The molecule has 2 aliphatic rings. The van der Waals surface area contributed by atoms with E-state index in [1.165, 1.54) is 76.6 Å². The molecule has 9 aromatic rings. The maximum Gasteiger partial charge on any atom is 0.126 e. The average molecular weight is 774 g/mol. The fourth-order valence-electron chi connectivity index (χ4n) is 9.38. The number of hydrogen-bond donors (Lipinski definition) is 0. The largest absolute Gasteiger partial charge is 0.256 e. The van der Waals surface area contributed by atoms with Gasteiger partial charge in [-0.25, -0.2) is 9.97 Å². The van der Waals surface area contributed by atoms with Crippen LogP contribution >= 0.6 is 11.8 Å². The lowest BCUT2D eigenvalue weighted by atomic mass is 9.67. The van der Waals surface area contributed by atoms with Gasteiger partial charge in [0.2, 0.25) is 0 Å². The summed E-state index contributed by atoms with van der Waals surface area (Å²) in [7, 11) is 0. The fraction of sp³-hybridized carbons (Fsp3) is 0.0727. The highest BCUT2D eigenvalue weighted by atomic mass is 32.2. The quantitative estimate of drug-likeness (QED) is 0.175. The zero-order valence-corrected chi connectivity index (χ0v) is 33.9. The Kier molecular flexibility index (Phi) is 8.31. The van der Waals surface area contributed by atoms with Crippen LogP contribution in [0.4, 0.5) is 0 Å². The van der Waals surface area contributed by atoms with Crippen molar-refractivity contribution in [2.75, 3.05) is 0 Å². The number of aromatic nitrogens is 3. The zero-order chi connectivity index (χ0) is 39.7. The van der Waals surface area contributed by atoms with Crippen molar-refractivity contribution in [2.24, 2.45) is 0 Å². The molecular formula is C55H39N3S. The summed E-state index contributed by atoms with van der Waals surface area (Å²) in [5, 5.41) is 0. The summed E-state index contributed by atoms with van der Waals surface area (Å²) >= 11 is 1.87. The topological polar surface area (TPSA) is 38.7 Å². The number of benzene rings is 7. The van der Waals surface area contributed by atoms with Gasteiger partial charge in [-0.2, -0.15) is 0 Å². The Morgan fingerprint density at radius 1 is 0.390 bits per heavy atom. The van der Waals surface area contributed by atoms with E-state index in [1.54, 1.807) is 0 Å². The summed E-state index contributed by atoms with van der Waals surface area (Å²) in [6, 6.07) is 64.3. The number of hydrogen-bond acceptors (Lipinski definition) is 4. The Balaban J connectivity index is 1.15. The first-order valence-electron chi connectivity index (χ1n) is 20.2. The highest BCUT2D eigenvalue weighted by Gasteiger charge is 2.51. The van der Waals surface area contributed by atoms with Crippen molar-refractivity contribution in [1.29, 1.82) is 0 Å². The van der Waals surface area contributed by atoms with Crippen molar-refractivity contribution >= 4 is 11.8 Å². The van der Waals surface area contributed by atoms with E-state index in [0.29, 0.717) is 0 Å². The van der Waals surface area contributed by atoms with Crippen LogP contribution in [0.1, 0.15) is 39.2 Å². The van der Waals surface area contributed by atoms with Gasteiger partial charge in [-0.3, -0.25) is 4.98 Å². The Bertz CT molecular complexity index is 3070. The summed E-state index contributed by atoms with van der Waals surface area (Å²) < 4.78 is 0. The molecule has 2 aromatic heterocycles. The molecule has 4 heteroatoms. The average Bonchev–Trinajstić information content (AvgIpc) is 3.57. The van der Waals surface area contributed by atoms with E-state index < -0.39 is 5.41 Å². The minimum atomic E-state index is -0.555. The summed E-state index contributed by atoms with van der Waals surface area (Å²) in [6.07, 6.45) is 1.99. The van der Waals surface area contributed by atoms with Crippen molar-refractivity contribution < 1.29 is 0 Å². The van der Waals surface area contributed by atoms with Gasteiger partial charge in [-0.1, -0.05) is 157 Å². The molecule has 0 unspecified atom stereocenters. The van der Waals surface area contributed by atoms with Crippen LogP contribution in [0.25, 0.3) is 67.2 Å². The third-order valence-corrected chi connectivity index (χ3v) is 13.4. The van der Waals surface area contributed by atoms with Crippen LogP contribution in [0.15, 0.2) is 192 Å². The maximum absolute atomic E-state index is 5.17. The number of pyridine rings is 1. The van der Waals surface area contributed by atoms with E-state index in [9.17, 15) is 0 Å². The van der Waals surface area contributed by atoms with Crippen molar-refractivity contribution in [2.45, 2.75) is 36.0 Å². The van der Waals surface area contributed by atoms with Crippen LogP contribution in [0.2, 0.25) is 0 Å². The highest BCUT2D eigenvalue weighted by Crippen LogP contribution is 2.63. The Morgan fingerprint density at radius 2 is 0.983 bits per heavy atom. The summed E-state index contributed by atoms with van der Waals surface area (Å²) in [4.78, 5) is 17.6. The lowest BCUT2D eigenvalue weighted by Crippen LogP contribution is -2.32. The molecule has 0 N–H and O–H groups in total. The SMILES string of the molecule is Cc1nc(-c2ccc(-c3ccccc3)cc2)cc(-c2cccc3c2-c2ccc(-c4ccccc4-c4cc(C)c(C)cn4)cc2C32c3ccccc3Sc3ccccc32)n1. The van der Waals surface area contributed by atoms with Crippen molar-refractivity contribution in [3.63, 3.8) is 0 Å². The number of rotatable bonds is 5. The van der Waals surface area contributed by atoms with Crippen LogP contribution in [0.3, 0.4) is 0 Å². The van der Waals surface area contributed by atoms with Gasteiger partial charge in [0, 0.05) is 32.7 Å². The van der Waals surface area contributed by atoms with E-state index in [0.717, 1.165) is 39.6 Å². The van der Waals surface area contributed by atoms with E-state index in [4.69, 9.17) is 15.0 Å². The second-order valence-corrected chi connectivity index (χ2v) is 16.7. The number of fused-ring (bicyclic) bond motifs is 9. The Hall–Kier alpha value is -6.88. The smallest absolute Gasteiger partial charge is 0.126 e. The van der Waals surface area contributed by atoms with Crippen molar-refractivity contribution in [3.05, 3.63) is 221 Å². The molecule has 0 saturated carbocycles. The molecule has 3 heterocycles. The van der Waals surface area contributed by atoms with Crippen LogP contribution in [-0.4, -0.2) is 15.0 Å². The zero-order valence-electron chi connectivity index (χ0n) is 33.1. The molecule has 7 aromatic carbocycles. The molecule has 0 radical (unpaired) electrons. The molecule has 0 bridgehead atoms. The molecule has 1 aliphatic heterocycles. The van der Waals surface area contributed by atoms with Crippen LogP contribution in [0.5, 0.6) is 0 Å². The predicted molar refractivity (Wildman–Crippen MR) is 243 cm³/mol. The van der Waals surface area contributed by atoms with Crippen LogP contribution in [-0.2, 0) is 5.41 Å². The first-order valence-corrected chi connectivity index (χ1v) is 21.0. The fourth-order valence-corrected chi connectivity index (χ4v) is 10.6. The molecule has 0 atom stereocenters. The molecule has 0 fully saturated rings. The van der Waals surface area contributed by atoms with Gasteiger partial charge in [0.15, 0.2) is 0 Å². The van der Waals surface area contributed by atoms with Gasteiger partial charge in [-0.15, -0.1) is 0 Å². The molecule has 280 valence electrons. The molecule has 11 rings (SSSR count). The third-order valence-electron chi connectivity index (χ3n) is 12.3.